The quantitative estimate of drug-likeness (QED) is 0.512. The lowest BCUT2D eigenvalue weighted by atomic mass is 10.1. The maximum absolute atomic E-state index is 11.0. The number of hydrogen-bond donors (Lipinski definition) is 1. The van der Waals surface area contributed by atoms with Crippen molar-refractivity contribution in [2.75, 3.05) is 5.32 Å². The molecule has 2 rings (SSSR count). The molecule has 1 aromatic rings. The van der Waals surface area contributed by atoms with Gasteiger partial charge in [0.05, 0.1) is 12.1 Å². The monoisotopic (exact) mass is 174 g/mol. The zero-order valence-electron chi connectivity index (χ0n) is 6.70. The number of rotatable bonds is 1. The third kappa shape index (κ3) is 1.35. The van der Waals surface area contributed by atoms with Crippen molar-refractivity contribution in [2.24, 2.45) is 4.99 Å². The van der Waals surface area contributed by atoms with E-state index < -0.39 is 0 Å². The van der Waals surface area contributed by atoms with Crippen molar-refractivity contribution in [3.8, 4) is 0 Å². The normalized spacial score (nSPS) is 13.1. The molecule has 0 fully saturated rings. The topological polar surface area (TPSA) is 58.5 Å². The van der Waals surface area contributed by atoms with Crippen LogP contribution in [0.1, 0.15) is 5.56 Å². The van der Waals surface area contributed by atoms with Gasteiger partial charge < -0.3 is 5.32 Å². The van der Waals surface area contributed by atoms with Gasteiger partial charge in [-0.15, -0.1) is 0 Å². The van der Waals surface area contributed by atoms with E-state index in [-0.39, 0.29) is 5.91 Å². The van der Waals surface area contributed by atoms with Gasteiger partial charge in [0.2, 0.25) is 12.0 Å². The van der Waals surface area contributed by atoms with Gasteiger partial charge in [-0.05, 0) is 23.8 Å². The van der Waals surface area contributed by atoms with E-state index in [9.17, 15) is 9.59 Å². The fourth-order valence-electron chi connectivity index (χ4n) is 1.34. The van der Waals surface area contributed by atoms with Crippen LogP contribution < -0.4 is 5.32 Å². The number of fused-ring (bicyclic) bond motifs is 1. The predicted molar refractivity (Wildman–Crippen MR) is 46.6 cm³/mol. The van der Waals surface area contributed by atoms with E-state index in [1.165, 1.54) is 6.08 Å². The molecule has 0 atom stereocenters. The number of anilines is 1. The van der Waals surface area contributed by atoms with Crippen LogP contribution in [0.2, 0.25) is 0 Å². The van der Waals surface area contributed by atoms with Gasteiger partial charge in [0.1, 0.15) is 0 Å². The van der Waals surface area contributed by atoms with E-state index >= 15 is 0 Å². The molecule has 1 aromatic carbocycles. The summed E-state index contributed by atoms with van der Waals surface area (Å²) in [4.78, 5) is 24.4. The third-order valence-corrected chi connectivity index (χ3v) is 1.89. The van der Waals surface area contributed by atoms with E-state index in [0.29, 0.717) is 12.1 Å². The van der Waals surface area contributed by atoms with Gasteiger partial charge in [-0.25, -0.2) is 4.79 Å². The molecule has 1 amide bonds. The Bertz CT molecular complexity index is 420. The van der Waals surface area contributed by atoms with Gasteiger partial charge in [0.25, 0.3) is 0 Å². The second-order valence-electron chi connectivity index (χ2n) is 2.77. The van der Waals surface area contributed by atoms with Gasteiger partial charge in [-0.3, -0.25) is 4.79 Å². The fourth-order valence-corrected chi connectivity index (χ4v) is 1.34. The van der Waals surface area contributed by atoms with Crippen molar-refractivity contribution in [2.45, 2.75) is 6.42 Å². The van der Waals surface area contributed by atoms with Crippen LogP contribution in [0.5, 0.6) is 0 Å². The molecule has 0 aliphatic carbocycles. The maximum atomic E-state index is 11.0. The van der Waals surface area contributed by atoms with Gasteiger partial charge in [-0.1, -0.05) is 0 Å². The van der Waals surface area contributed by atoms with E-state index in [1.54, 1.807) is 18.2 Å². The number of amides is 1. The number of nitrogens with one attached hydrogen (secondary N) is 1. The highest BCUT2D eigenvalue weighted by molar-refractivity contribution is 5.99. The first kappa shape index (κ1) is 7.71. The molecule has 64 valence electrons. The van der Waals surface area contributed by atoms with Gasteiger partial charge in [-0.2, -0.15) is 4.99 Å². The number of benzene rings is 1. The number of carbonyl (C=O) groups excluding carboxylic acids is 2. The van der Waals surface area contributed by atoms with Crippen LogP contribution in [-0.2, 0) is 16.0 Å². The molecule has 0 bridgehead atoms. The SMILES string of the molecule is O=C=Nc1ccc2c(c1)CC(=O)N2. The Hall–Kier alpha value is -1.93. The Morgan fingerprint density at radius 3 is 3.08 bits per heavy atom. The zero-order valence-corrected chi connectivity index (χ0v) is 6.70. The molecule has 0 saturated heterocycles. The second-order valence-corrected chi connectivity index (χ2v) is 2.77. The number of nitrogens with zero attached hydrogens (tertiary/aromatic N) is 1. The Kier molecular flexibility index (Phi) is 1.69. The van der Waals surface area contributed by atoms with E-state index in [1.807, 2.05) is 0 Å². The molecule has 0 saturated carbocycles. The fraction of sp³-hybridized carbons (Fsp3) is 0.111. The molecular formula is C9H6N2O2. The first-order valence-electron chi connectivity index (χ1n) is 3.80. The van der Waals surface area contributed by atoms with E-state index in [2.05, 4.69) is 10.3 Å². The predicted octanol–water partition coefficient (Wildman–Crippen LogP) is 1.15. The summed E-state index contributed by atoms with van der Waals surface area (Å²) < 4.78 is 0. The average Bonchev–Trinajstić information content (AvgIpc) is 2.44. The van der Waals surface area contributed by atoms with Crippen LogP contribution in [0, 0.1) is 0 Å². The number of carbonyl (C=O) groups is 1. The average molecular weight is 174 g/mol. The third-order valence-electron chi connectivity index (χ3n) is 1.89. The molecule has 0 aromatic heterocycles. The molecule has 1 aliphatic heterocycles. The lowest BCUT2D eigenvalue weighted by Crippen LogP contribution is -2.03. The minimum Gasteiger partial charge on any atom is -0.326 e. The summed E-state index contributed by atoms with van der Waals surface area (Å²) in [6.07, 6.45) is 1.81. The summed E-state index contributed by atoms with van der Waals surface area (Å²) in [5.41, 5.74) is 2.21. The summed E-state index contributed by atoms with van der Waals surface area (Å²) in [5, 5.41) is 2.69. The minimum atomic E-state index is -0.0257. The molecule has 1 heterocycles. The molecular weight excluding hydrogens is 168 g/mol. The zero-order chi connectivity index (χ0) is 9.26. The van der Waals surface area contributed by atoms with Gasteiger partial charge >= 0.3 is 0 Å². The molecule has 0 unspecified atom stereocenters. The standard InChI is InChI=1S/C9H6N2O2/c12-5-10-7-1-2-8-6(3-7)4-9(13)11-8/h1-3H,4H2,(H,11,13). The van der Waals surface area contributed by atoms with Crippen LogP contribution >= 0.6 is 0 Å². The summed E-state index contributed by atoms with van der Waals surface area (Å²) in [5.74, 6) is -0.0257. The highest BCUT2D eigenvalue weighted by Gasteiger charge is 2.16. The van der Waals surface area contributed by atoms with Crippen LogP contribution in [0.3, 0.4) is 0 Å². The van der Waals surface area contributed by atoms with Crippen LogP contribution in [0.15, 0.2) is 23.2 Å². The van der Waals surface area contributed by atoms with Crippen molar-refractivity contribution in [3.63, 3.8) is 0 Å². The van der Waals surface area contributed by atoms with E-state index in [0.717, 1.165) is 11.3 Å². The molecule has 1 aliphatic rings. The van der Waals surface area contributed by atoms with Crippen molar-refractivity contribution in [1.82, 2.24) is 0 Å². The first-order chi connectivity index (χ1) is 6.29. The highest BCUT2D eigenvalue weighted by Crippen LogP contribution is 2.26. The smallest absolute Gasteiger partial charge is 0.240 e. The lowest BCUT2D eigenvalue weighted by Gasteiger charge is -1.96. The van der Waals surface area contributed by atoms with Gasteiger partial charge in [0.15, 0.2) is 0 Å². The summed E-state index contributed by atoms with van der Waals surface area (Å²) >= 11 is 0. The Morgan fingerprint density at radius 1 is 1.46 bits per heavy atom. The van der Waals surface area contributed by atoms with Crippen molar-refractivity contribution in [1.29, 1.82) is 0 Å². The molecule has 4 nitrogen and oxygen atoms in total. The minimum absolute atomic E-state index is 0.0257. The van der Waals surface area contributed by atoms with Gasteiger partial charge in [0, 0.05) is 5.69 Å². The Morgan fingerprint density at radius 2 is 2.31 bits per heavy atom. The number of hydrogen-bond acceptors (Lipinski definition) is 3. The summed E-state index contributed by atoms with van der Waals surface area (Å²) in [7, 11) is 0. The largest absolute Gasteiger partial charge is 0.326 e. The summed E-state index contributed by atoms with van der Waals surface area (Å²) in [6.45, 7) is 0. The van der Waals surface area contributed by atoms with Crippen LogP contribution in [0.4, 0.5) is 11.4 Å². The highest BCUT2D eigenvalue weighted by atomic mass is 16.1. The van der Waals surface area contributed by atoms with Crippen LogP contribution in [-0.4, -0.2) is 12.0 Å². The molecule has 1 N–H and O–H groups in total. The van der Waals surface area contributed by atoms with E-state index in [4.69, 9.17) is 0 Å². The van der Waals surface area contributed by atoms with Crippen molar-refractivity contribution < 1.29 is 9.59 Å². The maximum Gasteiger partial charge on any atom is 0.240 e. The molecule has 13 heavy (non-hydrogen) atoms. The number of isocyanates is 1. The van der Waals surface area contributed by atoms with Crippen LogP contribution in [0.25, 0.3) is 0 Å². The van der Waals surface area contributed by atoms with Crippen molar-refractivity contribution >= 4 is 23.4 Å². The Labute approximate surface area is 74.3 Å². The lowest BCUT2D eigenvalue weighted by molar-refractivity contribution is -0.115. The number of aliphatic imine (C=N–C) groups is 1. The summed E-state index contributed by atoms with van der Waals surface area (Å²) in [6, 6.07) is 5.10. The molecule has 0 radical (unpaired) electrons. The van der Waals surface area contributed by atoms with Crippen molar-refractivity contribution in [3.05, 3.63) is 23.8 Å². The molecule has 4 heteroatoms. The Balaban J connectivity index is 2.45. The first-order valence-corrected chi connectivity index (χ1v) is 3.80. The second kappa shape index (κ2) is 2.84. The molecule has 0 spiro atoms.